The standard InChI is InChI=1S/C13H16FN3O3S/c1-9(2)16-13(18)8-17(3)21(19,20)12-6-4-5-11(14)10(12)7-15/h4-6,9H,8H2,1-3H3,(H,16,18). The van der Waals surface area contributed by atoms with Crippen LogP contribution in [0.1, 0.15) is 19.4 Å². The average Bonchev–Trinajstić information content (AvgIpc) is 2.37. The van der Waals surface area contributed by atoms with Crippen LogP contribution in [0.3, 0.4) is 0 Å². The van der Waals surface area contributed by atoms with Crippen molar-refractivity contribution in [2.75, 3.05) is 13.6 Å². The Hall–Kier alpha value is -1.98. The summed E-state index contributed by atoms with van der Waals surface area (Å²) in [6.45, 7) is 3.07. The number of nitrogens with zero attached hydrogens (tertiary/aromatic N) is 2. The lowest BCUT2D eigenvalue weighted by Crippen LogP contribution is -2.41. The molecule has 0 aliphatic heterocycles. The molecule has 6 nitrogen and oxygen atoms in total. The number of hydrogen-bond acceptors (Lipinski definition) is 4. The van der Waals surface area contributed by atoms with E-state index in [0.29, 0.717) is 0 Å². The molecule has 8 heteroatoms. The second kappa shape index (κ2) is 6.65. The number of benzene rings is 1. The van der Waals surface area contributed by atoms with Crippen LogP contribution < -0.4 is 5.32 Å². The van der Waals surface area contributed by atoms with Gasteiger partial charge in [0.2, 0.25) is 15.9 Å². The Bertz CT molecular complexity index is 680. The quantitative estimate of drug-likeness (QED) is 0.872. The number of rotatable bonds is 5. The van der Waals surface area contributed by atoms with Crippen molar-refractivity contribution >= 4 is 15.9 Å². The van der Waals surface area contributed by atoms with Gasteiger partial charge in [-0.1, -0.05) is 6.07 Å². The van der Waals surface area contributed by atoms with Crippen LogP contribution in [0.2, 0.25) is 0 Å². The summed E-state index contributed by atoms with van der Waals surface area (Å²) in [5.41, 5.74) is -0.561. The number of hydrogen-bond donors (Lipinski definition) is 1. The lowest BCUT2D eigenvalue weighted by atomic mass is 10.2. The fourth-order valence-electron chi connectivity index (χ4n) is 1.65. The maximum absolute atomic E-state index is 13.5. The molecule has 1 rings (SSSR count). The second-order valence-corrected chi connectivity index (χ2v) is 6.72. The van der Waals surface area contributed by atoms with Crippen LogP contribution in [0.15, 0.2) is 23.1 Å². The number of amides is 1. The van der Waals surface area contributed by atoms with Gasteiger partial charge in [0, 0.05) is 13.1 Å². The molecule has 0 radical (unpaired) electrons. The van der Waals surface area contributed by atoms with E-state index in [1.807, 2.05) is 0 Å². The first kappa shape index (κ1) is 17.1. The number of carbonyl (C=O) groups excluding carboxylic acids is 1. The molecule has 0 bridgehead atoms. The van der Waals surface area contributed by atoms with Crippen molar-refractivity contribution in [3.8, 4) is 6.07 Å². The van der Waals surface area contributed by atoms with Crippen molar-refractivity contribution in [3.05, 3.63) is 29.6 Å². The van der Waals surface area contributed by atoms with Gasteiger partial charge in [0.05, 0.1) is 6.54 Å². The summed E-state index contributed by atoms with van der Waals surface area (Å²) in [5, 5.41) is 11.4. The summed E-state index contributed by atoms with van der Waals surface area (Å²) in [5.74, 6) is -1.40. The Kier molecular flexibility index (Phi) is 5.41. The zero-order valence-electron chi connectivity index (χ0n) is 11.9. The predicted octanol–water partition coefficient (Wildman–Crippen LogP) is 0.842. The number of nitrogens with one attached hydrogen (secondary N) is 1. The smallest absolute Gasteiger partial charge is 0.244 e. The summed E-state index contributed by atoms with van der Waals surface area (Å²) in [6, 6.07) is 4.74. The van der Waals surface area contributed by atoms with E-state index >= 15 is 0 Å². The molecule has 1 aromatic carbocycles. The van der Waals surface area contributed by atoms with Crippen LogP contribution in [0.25, 0.3) is 0 Å². The summed E-state index contributed by atoms with van der Waals surface area (Å²) < 4.78 is 38.9. The van der Waals surface area contributed by atoms with Gasteiger partial charge < -0.3 is 5.32 Å². The average molecular weight is 313 g/mol. The van der Waals surface area contributed by atoms with Crippen LogP contribution >= 0.6 is 0 Å². The molecule has 1 amide bonds. The number of likely N-dealkylation sites (N-methyl/N-ethyl adjacent to an activating group) is 1. The topological polar surface area (TPSA) is 90.3 Å². The van der Waals surface area contributed by atoms with Gasteiger partial charge in [0.15, 0.2) is 0 Å². The number of halogens is 1. The number of sulfonamides is 1. The maximum Gasteiger partial charge on any atom is 0.244 e. The van der Waals surface area contributed by atoms with Gasteiger partial charge in [-0.05, 0) is 26.0 Å². The molecule has 1 aromatic rings. The van der Waals surface area contributed by atoms with Crippen LogP contribution in [0.4, 0.5) is 4.39 Å². The summed E-state index contributed by atoms with van der Waals surface area (Å²) in [7, 11) is -2.93. The molecule has 0 saturated heterocycles. The zero-order valence-corrected chi connectivity index (χ0v) is 12.7. The van der Waals surface area contributed by atoms with Gasteiger partial charge in [0.1, 0.15) is 22.3 Å². The van der Waals surface area contributed by atoms with Crippen molar-refractivity contribution < 1.29 is 17.6 Å². The molecule has 114 valence electrons. The Morgan fingerprint density at radius 3 is 2.62 bits per heavy atom. The number of carbonyl (C=O) groups is 1. The molecular formula is C13H16FN3O3S. The molecule has 0 fully saturated rings. The minimum atomic E-state index is -4.13. The third-order valence-electron chi connectivity index (χ3n) is 2.59. The van der Waals surface area contributed by atoms with E-state index in [0.717, 1.165) is 16.4 Å². The van der Waals surface area contributed by atoms with E-state index in [1.54, 1.807) is 13.8 Å². The van der Waals surface area contributed by atoms with Crippen molar-refractivity contribution in [1.82, 2.24) is 9.62 Å². The lowest BCUT2D eigenvalue weighted by molar-refractivity contribution is -0.121. The Labute approximate surface area is 123 Å². The molecule has 0 aliphatic carbocycles. The van der Waals surface area contributed by atoms with Gasteiger partial charge in [-0.25, -0.2) is 12.8 Å². The molecule has 0 heterocycles. The lowest BCUT2D eigenvalue weighted by Gasteiger charge is -2.18. The van der Waals surface area contributed by atoms with Crippen LogP contribution in [0.5, 0.6) is 0 Å². The molecule has 0 saturated carbocycles. The normalized spacial score (nSPS) is 11.5. The maximum atomic E-state index is 13.5. The van der Waals surface area contributed by atoms with Crippen molar-refractivity contribution in [3.63, 3.8) is 0 Å². The molecule has 0 spiro atoms. The molecular weight excluding hydrogens is 297 g/mol. The third-order valence-corrected chi connectivity index (χ3v) is 4.44. The number of nitriles is 1. The minimum absolute atomic E-state index is 0.127. The van der Waals surface area contributed by atoms with Crippen LogP contribution in [-0.4, -0.2) is 38.3 Å². The fraction of sp³-hybridized carbons (Fsp3) is 0.385. The predicted molar refractivity (Wildman–Crippen MR) is 74.2 cm³/mol. The molecule has 1 N–H and O–H groups in total. The molecule has 0 unspecified atom stereocenters. The van der Waals surface area contributed by atoms with Crippen LogP contribution in [0, 0.1) is 17.1 Å². The van der Waals surface area contributed by atoms with E-state index in [2.05, 4.69) is 5.32 Å². The first-order chi connectivity index (χ1) is 9.70. The Morgan fingerprint density at radius 2 is 2.10 bits per heavy atom. The van der Waals surface area contributed by atoms with Gasteiger partial charge in [-0.15, -0.1) is 0 Å². The van der Waals surface area contributed by atoms with E-state index < -0.39 is 38.8 Å². The largest absolute Gasteiger partial charge is 0.353 e. The summed E-state index contributed by atoms with van der Waals surface area (Å²) in [6.07, 6.45) is 0. The highest BCUT2D eigenvalue weighted by atomic mass is 32.2. The summed E-state index contributed by atoms with van der Waals surface area (Å²) in [4.78, 5) is 11.2. The summed E-state index contributed by atoms with van der Waals surface area (Å²) >= 11 is 0. The molecule has 0 aliphatic rings. The Balaban J connectivity index is 3.10. The minimum Gasteiger partial charge on any atom is -0.353 e. The highest BCUT2D eigenvalue weighted by Gasteiger charge is 2.27. The highest BCUT2D eigenvalue weighted by molar-refractivity contribution is 7.89. The zero-order chi connectivity index (χ0) is 16.2. The van der Waals surface area contributed by atoms with Gasteiger partial charge in [-0.2, -0.15) is 9.57 Å². The van der Waals surface area contributed by atoms with E-state index in [9.17, 15) is 17.6 Å². The van der Waals surface area contributed by atoms with E-state index in [-0.39, 0.29) is 6.04 Å². The first-order valence-electron chi connectivity index (χ1n) is 6.14. The van der Waals surface area contributed by atoms with Crippen molar-refractivity contribution in [1.29, 1.82) is 5.26 Å². The van der Waals surface area contributed by atoms with E-state index in [4.69, 9.17) is 5.26 Å². The SMILES string of the molecule is CC(C)NC(=O)CN(C)S(=O)(=O)c1cccc(F)c1C#N. The first-order valence-corrected chi connectivity index (χ1v) is 7.58. The second-order valence-electron chi connectivity index (χ2n) is 4.71. The monoisotopic (exact) mass is 313 g/mol. The van der Waals surface area contributed by atoms with Gasteiger partial charge >= 0.3 is 0 Å². The fourth-order valence-corrected chi connectivity index (χ4v) is 2.93. The van der Waals surface area contributed by atoms with Crippen molar-refractivity contribution in [2.45, 2.75) is 24.8 Å². The van der Waals surface area contributed by atoms with Gasteiger partial charge in [0.25, 0.3) is 0 Å². The third kappa shape index (κ3) is 4.00. The highest BCUT2D eigenvalue weighted by Crippen LogP contribution is 2.21. The van der Waals surface area contributed by atoms with Crippen LogP contribution in [-0.2, 0) is 14.8 Å². The Morgan fingerprint density at radius 1 is 1.48 bits per heavy atom. The molecule has 0 aromatic heterocycles. The van der Waals surface area contributed by atoms with Crippen molar-refractivity contribution in [2.24, 2.45) is 0 Å². The molecule has 21 heavy (non-hydrogen) atoms. The molecule has 0 atom stereocenters. The van der Waals surface area contributed by atoms with Gasteiger partial charge in [-0.3, -0.25) is 4.79 Å². The van der Waals surface area contributed by atoms with E-state index in [1.165, 1.54) is 19.2 Å².